The Bertz CT molecular complexity index is 954. The second-order valence-corrected chi connectivity index (χ2v) is 7.62. The third-order valence-electron chi connectivity index (χ3n) is 4.86. The first kappa shape index (κ1) is 21.7. The van der Waals surface area contributed by atoms with Crippen molar-refractivity contribution < 1.29 is 23.5 Å². The highest BCUT2D eigenvalue weighted by molar-refractivity contribution is 5.92. The summed E-state index contributed by atoms with van der Waals surface area (Å²) in [5.74, 6) is 1.23. The van der Waals surface area contributed by atoms with Gasteiger partial charge in [0.1, 0.15) is 11.5 Å². The van der Waals surface area contributed by atoms with Crippen LogP contribution in [-0.2, 0) is 22.4 Å². The first-order chi connectivity index (χ1) is 14.5. The Hall–Kier alpha value is -3.05. The number of allylic oxidation sites excluding steroid dienone is 6. The summed E-state index contributed by atoms with van der Waals surface area (Å²) in [6.45, 7) is 3.86. The zero-order valence-electron chi connectivity index (χ0n) is 17.5. The van der Waals surface area contributed by atoms with Gasteiger partial charge in [0.05, 0.1) is 31.0 Å². The first-order valence-electron chi connectivity index (χ1n) is 10.2. The van der Waals surface area contributed by atoms with Gasteiger partial charge >= 0.3 is 5.97 Å². The normalized spacial score (nSPS) is 17.0. The van der Waals surface area contributed by atoms with Crippen molar-refractivity contribution in [1.29, 1.82) is 0 Å². The van der Waals surface area contributed by atoms with Gasteiger partial charge in [0.25, 0.3) is 0 Å². The van der Waals surface area contributed by atoms with Crippen LogP contribution in [0.1, 0.15) is 43.6 Å². The van der Waals surface area contributed by atoms with Crippen LogP contribution in [0.5, 0.6) is 0 Å². The molecule has 1 unspecified atom stereocenters. The van der Waals surface area contributed by atoms with Crippen molar-refractivity contribution in [2.75, 3.05) is 6.61 Å². The van der Waals surface area contributed by atoms with E-state index in [4.69, 9.17) is 18.7 Å². The number of aliphatic hydroxyl groups is 1. The van der Waals surface area contributed by atoms with Crippen LogP contribution < -0.4 is 0 Å². The van der Waals surface area contributed by atoms with E-state index in [0.717, 1.165) is 37.0 Å². The Labute approximate surface area is 177 Å². The van der Waals surface area contributed by atoms with Crippen molar-refractivity contribution in [3.05, 3.63) is 95.1 Å². The SMILES string of the molecule is CC(C=CCC(C)C=C1C=C(CO)C(=O)O1)=CCCc1coc(Cc2ccoc2)c1. The number of carbonyl (C=O) groups excluding carboxylic acids is 1. The molecule has 0 radical (unpaired) electrons. The van der Waals surface area contributed by atoms with Gasteiger partial charge in [-0.15, -0.1) is 0 Å². The monoisotopic (exact) mass is 408 g/mol. The summed E-state index contributed by atoms with van der Waals surface area (Å²) in [6, 6.07) is 4.05. The predicted octanol–water partition coefficient (Wildman–Crippen LogP) is 5.28. The van der Waals surface area contributed by atoms with E-state index in [1.54, 1.807) is 18.6 Å². The fraction of sp³-hybridized carbons (Fsp3) is 0.320. The molecule has 0 saturated heterocycles. The van der Waals surface area contributed by atoms with Crippen LogP contribution in [0.15, 0.2) is 87.0 Å². The van der Waals surface area contributed by atoms with Crippen LogP contribution in [-0.4, -0.2) is 17.7 Å². The average Bonchev–Trinajstić information content (AvgIpc) is 3.44. The van der Waals surface area contributed by atoms with Gasteiger partial charge in [-0.2, -0.15) is 0 Å². The summed E-state index contributed by atoms with van der Waals surface area (Å²) in [5, 5.41) is 9.06. The smallest absolute Gasteiger partial charge is 0.341 e. The number of esters is 1. The van der Waals surface area contributed by atoms with E-state index in [1.807, 2.05) is 18.4 Å². The molecule has 30 heavy (non-hydrogen) atoms. The molecule has 0 bridgehead atoms. The lowest BCUT2D eigenvalue weighted by Gasteiger charge is -2.03. The molecule has 0 spiro atoms. The van der Waals surface area contributed by atoms with Crippen LogP contribution >= 0.6 is 0 Å². The Morgan fingerprint density at radius 3 is 2.87 bits per heavy atom. The van der Waals surface area contributed by atoms with Gasteiger partial charge in [0, 0.05) is 6.42 Å². The van der Waals surface area contributed by atoms with Crippen LogP contribution in [0, 0.1) is 5.92 Å². The number of aryl methyl sites for hydroxylation is 1. The Morgan fingerprint density at radius 1 is 1.27 bits per heavy atom. The molecule has 3 rings (SSSR count). The van der Waals surface area contributed by atoms with Gasteiger partial charge in [0.15, 0.2) is 0 Å². The fourth-order valence-electron chi connectivity index (χ4n) is 3.22. The number of hydrogen-bond donors (Lipinski definition) is 1. The summed E-state index contributed by atoms with van der Waals surface area (Å²) in [7, 11) is 0. The molecule has 0 amide bonds. The predicted molar refractivity (Wildman–Crippen MR) is 115 cm³/mol. The molecule has 0 aliphatic carbocycles. The van der Waals surface area contributed by atoms with Crippen LogP contribution in [0.25, 0.3) is 0 Å². The summed E-state index contributed by atoms with van der Waals surface area (Å²) in [6.07, 6.45) is 18.7. The van der Waals surface area contributed by atoms with E-state index in [9.17, 15) is 4.79 Å². The van der Waals surface area contributed by atoms with Crippen molar-refractivity contribution in [2.45, 2.75) is 39.5 Å². The molecule has 5 heteroatoms. The summed E-state index contributed by atoms with van der Waals surface area (Å²) >= 11 is 0. The fourth-order valence-corrected chi connectivity index (χ4v) is 3.22. The van der Waals surface area contributed by atoms with Crippen molar-refractivity contribution in [1.82, 2.24) is 0 Å². The highest BCUT2D eigenvalue weighted by atomic mass is 16.5. The topological polar surface area (TPSA) is 72.8 Å². The molecular formula is C25H28O5. The Kier molecular flexibility index (Phi) is 7.69. The maximum Gasteiger partial charge on any atom is 0.341 e. The molecule has 0 saturated carbocycles. The summed E-state index contributed by atoms with van der Waals surface area (Å²) in [4.78, 5) is 11.5. The average molecular weight is 408 g/mol. The number of cyclic esters (lactones) is 1. The second-order valence-electron chi connectivity index (χ2n) is 7.62. The highest BCUT2D eigenvalue weighted by Crippen LogP contribution is 2.20. The third-order valence-corrected chi connectivity index (χ3v) is 4.86. The van der Waals surface area contributed by atoms with Crippen molar-refractivity contribution >= 4 is 5.97 Å². The van der Waals surface area contributed by atoms with E-state index in [1.165, 1.54) is 11.1 Å². The summed E-state index contributed by atoms with van der Waals surface area (Å²) in [5.41, 5.74) is 3.82. The van der Waals surface area contributed by atoms with Crippen LogP contribution in [0.3, 0.4) is 0 Å². The van der Waals surface area contributed by atoms with E-state index < -0.39 is 5.97 Å². The van der Waals surface area contributed by atoms with Crippen molar-refractivity contribution in [3.8, 4) is 0 Å². The third kappa shape index (κ3) is 6.49. The standard InChI is InChI=1S/C25H28O5/c1-18(5-3-7-19(2)11-24-14-22(15-26)25(27)30-24)6-4-8-20-12-23(29-17-20)13-21-9-10-28-16-21/h3,5-6,9-12,14,16-17,19,26H,4,7-8,13,15H2,1-2H3. The number of hydrogen-bond acceptors (Lipinski definition) is 5. The molecule has 1 aliphatic heterocycles. The molecule has 1 aliphatic rings. The molecule has 0 fully saturated rings. The Morgan fingerprint density at radius 2 is 2.13 bits per heavy atom. The molecule has 0 aromatic carbocycles. The zero-order chi connectivity index (χ0) is 21.3. The van der Waals surface area contributed by atoms with Gasteiger partial charge < -0.3 is 18.7 Å². The molecule has 1 N–H and O–H groups in total. The molecule has 158 valence electrons. The lowest BCUT2D eigenvalue weighted by Crippen LogP contribution is -2.02. The number of ether oxygens (including phenoxy) is 1. The molecule has 2 aromatic heterocycles. The highest BCUT2D eigenvalue weighted by Gasteiger charge is 2.20. The van der Waals surface area contributed by atoms with E-state index in [2.05, 4.69) is 38.1 Å². The summed E-state index contributed by atoms with van der Waals surface area (Å²) < 4.78 is 15.8. The maximum atomic E-state index is 11.5. The second kappa shape index (κ2) is 10.6. The number of aliphatic hydroxyl groups excluding tert-OH is 1. The molecule has 1 atom stereocenters. The van der Waals surface area contributed by atoms with Crippen molar-refractivity contribution in [2.24, 2.45) is 5.92 Å². The van der Waals surface area contributed by atoms with Gasteiger partial charge in [-0.1, -0.05) is 30.7 Å². The van der Waals surface area contributed by atoms with Crippen LogP contribution in [0.2, 0.25) is 0 Å². The van der Waals surface area contributed by atoms with E-state index >= 15 is 0 Å². The van der Waals surface area contributed by atoms with Crippen molar-refractivity contribution in [3.63, 3.8) is 0 Å². The van der Waals surface area contributed by atoms with Gasteiger partial charge in [0.2, 0.25) is 0 Å². The Balaban J connectivity index is 1.41. The zero-order valence-corrected chi connectivity index (χ0v) is 17.5. The molecular weight excluding hydrogens is 380 g/mol. The minimum absolute atomic E-state index is 0.228. The number of carbonyl (C=O) groups is 1. The van der Waals surface area contributed by atoms with Crippen LogP contribution in [0.4, 0.5) is 0 Å². The first-order valence-corrected chi connectivity index (χ1v) is 10.2. The van der Waals surface area contributed by atoms with Gasteiger partial charge in [-0.05, 0) is 67.5 Å². The van der Waals surface area contributed by atoms with E-state index in [-0.39, 0.29) is 12.5 Å². The molecule has 2 aromatic rings. The number of furan rings is 2. The van der Waals surface area contributed by atoms with E-state index in [0.29, 0.717) is 11.3 Å². The lowest BCUT2D eigenvalue weighted by atomic mass is 10.0. The largest absolute Gasteiger partial charge is 0.472 e. The molecule has 5 nitrogen and oxygen atoms in total. The van der Waals surface area contributed by atoms with Gasteiger partial charge in [-0.3, -0.25) is 0 Å². The van der Waals surface area contributed by atoms with Gasteiger partial charge in [-0.25, -0.2) is 4.79 Å². The molecule has 3 heterocycles. The lowest BCUT2D eigenvalue weighted by molar-refractivity contribution is -0.133. The number of rotatable bonds is 10. The minimum atomic E-state index is -0.462. The maximum absolute atomic E-state index is 11.5. The minimum Gasteiger partial charge on any atom is -0.472 e. The quantitative estimate of drug-likeness (QED) is 0.427.